The Kier molecular flexibility index (Phi) is 4.23. The van der Waals surface area contributed by atoms with Gasteiger partial charge in [-0.1, -0.05) is 17.7 Å². The molecule has 96 valence electrons. The summed E-state index contributed by atoms with van der Waals surface area (Å²) in [6.07, 6.45) is 2.78. The van der Waals surface area contributed by atoms with E-state index in [1.54, 1.807) is 22.9 Å². The van der Waals surface area contributed by atoms with Gasteiger partial charge in [-0.15, -0.1) is 0 Å². The molecule has 0 amide bonds. The highest BCUT2D eigenvalue weighted by atomic mass is 35.5. The molecule has 1 heterocycles. The van der Waals surface area contributed by atoms with Crippen molar-refractivity contribution in [3.05, 3.63) is 46.7 Å². The summed E-state index contributed by atoms with van der Waals surface area (Å²) in [5.41, 5.74) is 1.79. The number of aromatic hydroxyl groups is 1. The molecule has 0 atom stereocenters. The van der Waals surface area contributed by atoms with Gasteiger partial charge in [-0.25, -0.2) is 0 Å². The average molecular weight is 266 g/mol. The minimum absolute atomic E-state index is 0.229. The van der Waals surface area contributed by atoms with Gasteiger partial charge in [-0.3, -0.25) is 4.68 Å². The number of nitrogens with zero attached hydrogens (tertiary/aromatic N) is 2. The maximum Gasteiger partial charge on any atom is 0.121 e. The Hall–Kier alpha value is -1.52. The molecule has 2 N–H and O–H groups in total. The highest BCUT2D eigenvalue weighted by Gasteiger charge is 2.05. The lowest BCUT2D eigenvalue weighted by Gasteiger charge is -2.07. The maximum absolute atomic E-state index is 9.67. The van der Waals surface area contributed by atoms with E-state index in [9.17, 15) is 5.11 Å². The third kappa shape index (κ3) is 3.24. The van der Waals surface area contributed by atoms with Gasteiger partial charge in [0, 0.05) is 43.3 Å². The third-order valence-electron chi connectivity index (χ3n) is 2.72. The molecular formula is C13H16ClN3O. The van der Waals surface area contributed by atoms with Crippen LogP contribution in [0.2, 0.25) is 5.02 Å². The molecule has 5 heteroatoms. The fraction of sp³-hybridized carbons (Fsp3) is 0.308. The Morgan fingerprint density at radius 2 is 2.22 bits per heavy atom. The van der Waals surface area contributed by atoms with Crippen LogP contribution in [0.5, 0.6) is 5.75 Å². The number of aryl methyl sites for hydroxylation is 1. The smallest absolute Gasteiger partial charge is 0.121 e. The van der Waals surface area contributed by atoms with Gasteiger partial charge >= 0.3 is 0 Å². The second kappa shape index (κ2) is 5.89. The second-order valence-corrected chi connectivity index (χ2v) is 4.55. The minimum Gasteiger partial charge on any atom is -0.508 e. The minimum atomic E-state index is 0.229. The Morgan fingerprint density at radius 3 is 2.89 bits per heavy atom. The number of phenolic OH excluding ortho intramolecular Hbond substituents is 1. The molecule has 4 nitrogen and oxygen atoms in total. The fourth-order valence-electron chi connectivity index (χ4n) is 1.75. The first-order valence-corrected chi connectivity index (χ1v) is 6.20. The average Bonchev–Trinajstić information content (AvgIpc) is 2.73. The molecule has 18 heavy (non-hydrogen) atoms. The van der Waals surface area contributed by atoms with Crippen LogP contribution in [-0.2, 0) is 20.0 Å². The summed E-state index contributed by atoms with van der Waals surface area (Å²) >= 11 is 6.01. The van der Waals surface area contributed by atoms with Gasteiger partial charge in [0.2, 0.25) is 0 Å². The zero-order valence-corrected chi connectivity index (χ0v) is 11.0. The number of phenols is 1. The van der Waals surface area contributed by atoms with Gasteiger partial charge in [-0.2, -0.15) is 5.10 Å². The van der Waals surface area contributed by atoms with Crippen LogP contribution < -0.4 is 5.32 Å². The molecule has 2 aromatic rings. The molecule has 0 radical (unpaired) electrons. The number of nitrogens with one attached hydrogen (secondary N) is 1. The van der Waals surface area contributed by atoms with Crippen LogP contribution in [0, 0.1) is 0 Å². The first-order chi connectivity index (χ1) is 8.66. The molecule has 0 aliphatic heterocycles. The van der Waals surface area contributed by atoms with E-state index in [0.717, 1.165) is 24.2 Å². The zero-order valence-electron chi connectivity index (χ0n) is 10.2. The van der Waals surface area contributed by atoms with Crippen molar-refractivity contribution in [2.75, 3.05) is 6.54 Å². The predicted octanol–water partition coefficient (Wildman–Crippen LogP) is 2.11. The number of rotatable bonds is 5. The Labute approximate surface area is 111 Å². The molecule has 0 saturated heterocycles. The highest BCUT2D eigenvalue weighted by molar-refractivity contribution is 6.31. The monoisotopic (exact) mass is 265 g/mol. The molecule has 0 aliphatic carbocycles. The van der Waals surface area contributed by atoms with Crippen molar-refractivity contribution < 1.29 is 5.11 Å². The van der Waals surface area contributed by atoms with E-state index in [0.29, 0.717) is 11.6 Å². The third-order valence-corrected chi connectivity index (χ3v) is 3.08. The van der Waals surface area contributed by atoms with E-state index in [1.807, 2.05) is 19.3 Å². The number of hydrogen-bond acceptors (Lipinski definition) is 3. The summed E-state index contributed by atoms with van der Waals surface area (Å²) in [5, 5.41) is 17.8. The Morgan fingerprint density at radius 1 is 1.39 bits per heavy atom. The first kappa shape index (κ1) is 12.9. The predicted molar refractivity (Wildman–Crippen MR) is 71.7 cm³/mol. The van der Waals surface area contributed by atoms with Gasteiger partial charge in [0.15, 0.2) is 0 Å². The number of hydrogen-bond donors (Lipinski definition) is 2. The van der Waals surface area contributed by atoms with E-state index in [4.69, 9.17) is 11.6 Å². The Bertz CT molecular complexity index is 504. The first-order valence-electron chi connectivity index (χ1n) is 5.82. The quantitative estimate of drug-likeness (QED) is 0.814. The molecule has 1 aromatic heterocycles. The molecule has 0 saturated carbocycles. The summed E-state index contributed by atoms with van der Waals surface area (Å²) in [6, 6.07) is 7.14. The fourth-order valence-corrected chi connectivity index (χ4v) is 1.98. The molecule has 1 aromatic carbocycles. The normalized spacial score (nSPS) is 10.8. The van der Waals surface area contributed by atoms with E-state index in [2.05, 4.69) is 10.4 Å². The lowest BCUT2D eigenvalue weighted by molar-refractivity contribution is 0.464. The van der Waals surface area contributed by atoms with E-state index in [1.165, 1.54) is 0 Å². The van der Waals surface area contributed by atoms with Crippen molar-refractivity contribution in [1.82, 2.24) is 15.1 Å². The molecule has 0 unspecified atom stereocenters. The van der Waals surface area contributed by atoms with Crippen LogP contribution in [-0.4, -0.2) is 21.4 Å². The summed E-state index contributed by atoms with van der Waals surface area (Å²) in [4.78, 5) is 0. The molecule has 0 aliphatic rings. The van der Waals surface area contributed by atoms with Crippen LogP contribution in [0.25, 0.3) is 0 Å². The number of benzene rings is 1. The van der Waals surface area contributed by atoms with Crippen LogP contribution in [0.15, 0.2) is 30.5 Å². The van der Waals surface area contributed by atoms with Crippen molar-refractivity contribution in [3.8, 4) is 5.75 Å². The number of halogens is 1. The molecule has 0 bridgehead atoms. The van der Waals surface area contributed by atoms with Crippen molar-refractivity contribution in [3.63, 3.8) is 0 Å². The maximum atomic E-state index is 9.67. The van der Waals surface area contributed by atoms with Crippen LogP contribution in [0.3, 0.4) is 0 Å². The highest BCUT2D eigenvalue weighted by Crippen LogP contribution is 2.24. The lowest BCUT2D eigenvalue weighted by Crippen LogP contribution is -2.17. The summed E-state index contributed by atoms with van der Waals surface area (Å²) in [7, 11) is 1.90. The van der Waals surface area contributed by atoms with Crippen molar-refractivity contribution in [2.45, 2.75) is 13.0 Å². The van der Waals surface area contributed by atoms with E-state index >= 15 is 0 Å². The topological polar surface area (TPSA) is 50.1 Å². The SMILES string of the molecule is Cn1ccc(CCNCc2c(O)cccc2Cl)n1. The van der Waals surface area contributed by atoms with Gasteiger partial charge in [-0.05, 0) is 18.2 Å². The van der Waals surface area contributed by atoms with Crippen molar-refractivity contribution >= 4 is 11.6 Å². The van der Waals surface area contributed by atoms with Crippen LogP contribution in [0.4, 0.5) is 0 Å². The molecule has 0 spiro atoms. The van der Waals surface area contributed by atoms with Gasteiger partial charge in [0.1, 0.15) is 5.75 Å². The van der Waals surface area contributed by atoms with Crippen molar-refractivity contribution in [2.24, 2.45) is 7.05 Å². The van der Waals surface area contributed by atoms with Crippen LogP contribution in [0.1, 0.15) is 11.3 Å². The van der Waals surface area contributed by atoms with Crippen molar-refractivity contribution in [1.29, 1.82) is 0 Å². The zero-order chi connectivity index (χ0) is 13.0. The number of aromatic nitrogens is 2. The van der Waals surface area contributed by atoms with E-state index in [-0.39, 0.29) is 5.75 Å². The standard InChI is InChI=1S/C13H16ClN3O/c1-17-8-6-10(16-17)5-7-15-9-11-12(14)3-2-4-13(11)18/h2-4,6,8,15,18H,5,7,9H2,1H3. The lowest BCUT2D eigenvalue weighted by atomic mass is 10.2. The molecule has 2 rings (SSSR count). The largest absolute Gasteiger partial charge is 0.508 e. The van der Waals surface area contributed by atoms with Crippen LogP contribution >= 0.6 is 11.6 Å². The summed E-state index contributed by atoms with van der Waals surface area (Å²) < 4.78 is 1.79. The molecule has 0 fully saturated rings. The molecular weight excluding hydrogens is 250 g/mol. The van der Waals surface area contributed by atoms with E-state index < -0.39 is 0 Å². The Balaban J connectivity index is 1.82. The van der Waals surface area contributed by atoms with Gasteiger partial charge in [0.25, 0.3) is 0 Å². The van der Waals surface area contributed by atoms with Gasteiger partial charge < -0.3 is 10.4 Å². The summed E-state index contributed by atoms with van der Waals surface area (Å²) in [6.45, 7) is 1.35. The summed E-state index contributed by atoms with van der Waals surface area (Å²) in [5.74, 6) is 0.229. The second-order valence-electron chi connectivity index (χ2n) is 4.15. The van der Waals surface area contributed by atoms with Gasteiger partial charge in [0.05, 0.1) is 5.69 Å².